The highest BCUT2D eigenvalue weighted by Gasteiger charge is 2.31. The van der Waals surface area contributed by atoms with Crippen molar-refractivity contribution < 1.29 is 14.3 Å². The largest absolute Gasteiger partial charge is 0.495 e. The molecule has 1 amide bonds. The summed E-state index contributed by atoms with van der Waals surface area (Å²) in [6.45, 7) is 3.50. The summed E-state index contributed by atoms with van der Waals surface area (Å²) in [6.07, 6.45) is 5.17. The fourth-order valence-electron chi connectivity index (χ4n) is 4.15. The normalized spacial score (nSPS) is 15.2. The van der Waals surface area contributed by atoms with E-state index >= 15 is 0 Å². The summed E-state index contributed by atoms with van der Waals surface area (Å²) >= 11 is 13.3. The number of nitrogens with zero attached hydrogens (tertiary/aromatic N) is 3. The smallest absolute Gasteiger partial charge is 0.247 e. The quantitative estimate of drug-likeness (QED) is 0.510. The monoisotopic (exact) mass is 475 g/mol. The first-order valence-electron chi connectivity index (χ1n) is 10.0. The Bertz CT molecular complexity index is 1170. The number of H-pyrrole nitrogens is 1. The number of hydrogen-bond donors (Lipinski definition) is 2. The molecule has 1 aromatic carbocycles. The van der Waals surface area contributed by atoms with Crippen molar-refractivity contribution in [1.82, 2.24) is 20.0 Å². The molecule has 3 aromatic rings. The van der Waals surface area contributed by atoms with Gasteiger partial charge in [0, 0.05) is 36.1 Å². The van der Waals surface area contributed by atoms with Crippen LogP contribution in [0.25, 0.3) is 11.4 Å². The van der Waals surface area contributed by atoms with Gasteiger partial charge in [-0.05, 0) is 31.3 Å². The van der Waals surface area contributed by atoms with Gasteiger partial charge in [0.05, 0.1) is 30.0 Å². The summed E-state index contributed by atoms with van der Waals surface area (Å²) in [5.41, 5.74) is 4.77. The Balaban J connectivity index is 1.70. The number of anilines is 1. The maximum Gasteiger partial charge on any atom is 0.247 e. The number of ether oxygens (including phenoxy) is 2. The van der Waals surface area contributed by atoms with Gasteiger partial charge in [-0.25, -0.2) is 0 Å². The van der Waals surface area contributed by atoms with E-state index in [0.29, 0.717) is 39.3 Å². The maximum atomic E-state index is 11.8. The summed E-state index contributed by atoms with van der Waals surface area (Å²) in [5.74, 6) is 0.800. The highest BCUT2D eigenvalue weighted by molar-refractivity contribution is 6.38. The van der Waals surface area contributed by atoms with Crippen LogP contribution in [0, 0.1) is 0 Å². The number of aryl methyl sites for hydroxylation is 1. The van der Waals surface area contributed by atoms with Crippen LogP contribution in [0.3, 0.4) is 0 Å². The fraction of sp³-hybridized carbons (Fsp3) is 0.318. The Morgan fingerprint density at radius 2 is 1.97 bits per heavy atom. The van der Waals surface area contributed by atoms with Crippen molar-refractivity contribution in [3.63, 3.8) is 0 Å². The first-order chi connectivity index (χ1) is 15.4. The van der Waals surface area contributed by atoms with Gasteiger partial charge >= 0.3 is 0 Å². The summed E-state index contributed by atoms with van der Waals surface area (Å²) < 4.78 is 12.5. The molecular formula is C22H23Cl2N5O3. The van der Waals surface area contributed by atoms with Crippen molar-refractivity contribution >= 4 is 34.8 Å². The minimum atomic E-state index is -0.306. The Labute approximate surface area is 195 Å². The third kappa shape index (κ3) is 3.84. The van der Waals surface area contributed by atoms with Crippen molar-refractivity contribution in [3.05, 3.63) is 51.8 Å². The molecule has 0 saturated carbocycles. The average molecular weight is 476 g/mol. The molecule has 0 spiro atoms. The van der Waals surface area contributed by atoms with Gasteiger partial charge in [-0.2, -0.15) is 10.2 Å². The molecule has 1 atom stereocenters. The van der Waals surface area contributed by atoms with E-state index in [1.807, 2.05) is 0 Å². The van der Waals surface area contributed by atoms with Gasteiger partial charge in [-0.15, -0.1) is 0 Å². The van der Waals surface area contributed by atoms with E-state index in [4.69, 9.17) is 32.7 Å². The molecule has 32 heavy (non-hydrogen) atoms. The lowest BCUT2D eigenvalue weighted by Gasteiger charge is -2.26. The first kappa shape index (κ1) is 22.2. The van der Waals surface area contributed by atoms with Gasteiger partial charge in [0.2, 0.25) is 5.91 Å². The van der Waals surface area contributed by atoms with Gasteiger partial charge in [0.1, 0.15) is 22.9 Å². The van der Waals surface area contributed by atoms with Gasteiger partial charge in [0.15, 0.2) is 0 Å². The molecule has 2 heterocycles. The lowest BCUT2D eigenvalue weighted by atomic mass is 9.82. The number of carbonyl (C=O) groups is 1. The molecule has 0 aliphatic heterocycles. The third-order valence-corrected chi connectivity index (χ3v) is 6.44. The molecule has 0 radical (unpaired) electrons. The molecular weight excluding hydrogens is 453 g/mol. The summed E-state index contributed by atoms with van der Waals surface area (Å²) in [6, 6.07) is 1.69. The zero-order valence-corrected chi connectivity index (χ0v) is 19.5. The number of methoxy groups -OCH3 is 2. The molecule has 1 aliphatic carbocycles. The Morgan fingerprint density at radius 3 is 2.59 bits per heavy atom. The van der Waals surface area contributed by atoms with E-state index in [-0.39, 0.29) is 11.8 Å². The zero-order valence-electron chi connectivity index (χ0n) is 18.0. The van der Waals surface area contributed by atoms with Crippen LogP contribution < -0.4 is 14.8 Å². The summed E-state index contributed by atoms with van der Waals surface area (Å²) in [5, 5.41) is 16.0. The highest BCUT2D eigenvalue weighted by atomic mass is 35.5. The first-order valence-corrected chi connectivity index (χ1v) is 10.8. The second kappa shape index (κ2) is 8.88. The molecule has 8 nitrogen and oxygen atoms in total. The van der Waals surface area contributed by atoms with E-state index in [1.165, 1.54) is 6.08 Å². The predicted octanol–water partition coefficient (Wildman–Crippen LogP) is 4.53. The van der Waals surface area contributed by atoms with Crippen LogP contribution in [0.5, 0.6) is 11.5 Å². The number of aromatic amines is 1. The van der Waals surface area contributed by atoms with Crippen LogP contribution >= 0.6 is 23.2 Å². The third-order valence-electron chi connectivity index (χ3n) is 5.66. The Morgan fingerprint density at radius 1 is 1.28 bits per heavy atom. The van der Waals surface area contributed by atoms with Gasteiger partial charge < -0.3 is 14.8 Å². The number of halogens is 2. The van der Waals surface area contributed by atoms with Crippen LogP contribution in [0.15, 0.2) is 24.9 Å². The van der Waals surface area contributed by atoms with E-state index in [1.54, 1.807) is 38.2 Å². The number of rotatable bonds is 6. The molecule has 0 bridgehead atoms. The van der Waals surface area contributed by atoms with E-state index in [0.717, 1.165) is 35.4 Å². The molecule has 2 aromatic heterocycles. The van der Waals surface area contributed by atoms with E-state index in [2.05, 4.69) is 27.2 Å². The minimum Gasteiger partial charge on any atom is -0.495 e. The molecule has 0 saturated heterocycles. The van der Waals surface area contributed by atoms with Gasteiger partial charge in [0.25, 0.3) is 0 Å². The number of nitrogens with one attached hydrogen (secondary N) is 2. The van der Waals surface area contributed by atoms with Crippen LogP contribution in [0.4, 0.5) is 5.69 Å². The van der Waals surface area contributed by atoms with Crippen LogP contribution in [0.1, 0.15) is 29.2 Å². The van der Waals surface area contributed by atoms with Crippen molar-refractivity contribution in [3.8, 4) is 22.9 Å². The standard InChI is InChI=1S/C22H23Cl2N5O3/c1-5-17(30)25-14-10-29(2)28-22(14)21-12-7-6-11(8-13(12)26-27-21)18-19(23)15(31-3)9-16(32-4)20(18)24/h5,9-11H,1,6-8H2,2-4H3,(H,25,30)(H,26,27). The lowest BCUT2D eigenvalue weighted by molar-refractivity contribution is -0.111. The average Bonchev–Trinajstić information content (AvgIpc) is 3.36. The van der Waals surface area contributed by atoms with E-state index in [9.17, 15) is 4.79 Å². The number of carbonyl (C=O) groups excluding carboxylic acids is 1. The molecule has 1 unspecified atom stereocenters. The Kier molecular flexibility index (Phi) is 6.17. The van der Waals surface area contributed by atoms with Gasteiger partial charge in [-0.1, -0.05) is 29.8 Å². The zero-order chi connectivity index (χ0) is 23.0. The van der Waals surface area contributed by atoms with Gasteiger partial charge in [-0.3, -0.25) is 14.6 Å². The van der Waals surface area contributed by atoms with Crippen molar-refractivity contribution in [2.75, 3.05) is 19.5 Å². The summed E-state index contributed by atoms with van der Waals surface area (Å²) in [4.78, 5) is 11.8. The van der Waals surface area contributed by atoms with Crippen LogP contribution in [-0.2, 0) is 24.7 Å². The number of amides is 1. The number of hydrogen-bond acceptors (Lipinski definition) is 5. The molecule has 2 N–H and O–H groups in total. The molecule has 10 heteroatoms. The highest BCUT2D eigenvalue weighted by Crippen LogP contribution is 2.47. The van der Waals surface area contributed by atoms with E-state index < -0.39 is 0 Å². The SMILES string of the molecule is C=CC(=O)Nc1cn(C)nc1-c1n[nH]c2c1CCC(c1c(Cl)c(OC)cc(OC)c1Cl)C2. The maximum absolute atomic E-state index is 11.8. The topological polar surface area (TPSA) is 94.1 Å². The Hall–Kier alpha value is -2.97. The second-order valence-electron chi connectivity index (χ2n) is 7.55. The van der Waals surface area contributed by atoms with Crippen LogP contribution in [-0.4, -0.2) is 40.1 Å². The predicted molar refractivity (Wildman–Crippen MR) is 124 cm³/mol. The van der Waals surface area contributed by atoms with Crippen molar-refractivity contribution in [1.29, 1.82) is 0 Å². The molecule has 168 valence electrons. The van der Waals surface area contributed by atoms with Crippen molar-refractivity contribution in [2.45, 2.75) is 25.2 Å². The molecule has 4 rings (SSSR count). The molecule has 1 aliphatic rings. The molecule has 0 fully saturated rings. The number of aromatic nitrogens is 4. The van der Waals surface area contributed by atoms with Crippen LogP contribution in [0.2, 0.25) is 10.0 Å². The minimum absolute atomic E-state index is 0.0588. The number of fused-ring (bicyclic) bond motifs is 1. The lowest BCUT2D eigenvalue weighted by Crippen LogP contribution is -2.14. The van der Waals surface area contributed by atoms with Crippen molar-refractivity contribution in [2.24, 2.45) is 7.05 Å². The summed E-state index contributed by atoms with van der Waals surface area (Å²) in [7, 11) is 4.92. The fourth-order valence-corrected chi connectivity index (χ4v) is 4.96. The number of benzene rings is 1. The second-order valence-corrected chi connectivity index (χ2v) is 8.31.